The maximum absolute atomic E-state index is 12.9. The monoisotopic (exact) mass is 380 g/mol. The number of aromatic nitrogens is 2. The second-order valence-electron chi connectivity index (χ2n) is 5.93. The first-order valence-corrected chi connectivity index (χ1v) is 10.6. The zero-order chi connectivity index (χ0) is 17.9. The van der Waals surface area contributed by atoms with Gasteiger partial charge in [0.05, 0.1) is 10.9 Å². The van der Waals surface area contributed by atoms with Gasteiger partial charge < -0.3 is 4.90 Å². The third kappa shape index (κ3) is 3.98. The van der Waals surface area contributed by atoms with Gasteiger partial charge in [-0.05, 0) is 54.9 Å². The van der Waals surface area contributed by atoms with Crippen LogP contribution in [0.25, 0.3) is 0 Å². The zero-order valence-corrected chi connectivity index (χ0v) is 15.6. The molecule has 9 heteroatoms. The van der Waals surface area contributed by atoms with E-state index in [-0.39, 0.29) is 22.2 Å². The second kappa shape index (κ2) is 7.49. The number of sulfonamides is 1. The van der Waals surface area contributed by atoms with Crippen LogP contribution in [0.4, 0.5) is 5.82 Å². The summed E-state index contributed by atoms with van der Waals surface area (Å²) in [6.07, 6.45) is 3.67. The molecule has 1 saturated heterocycles. The first-order valence-electron chi connectivity index (χ1n) is 8.23. The van der Waals surface area contributed by atoms with E-state index in [2.05, 4.69) is 14.3 Å². The van der Waals surface area contributed by atoms with Gasteiger partial charge in [-0.2, -0.15) is 0 Å². The Morgan fingerprint density at radius 3 is 2.68 bits per heavy atom. The molecule has 1 aliphatic heterocycles. The van der Waals surface area contributed by atoms with E-state index in [0.717, 1.165) is 36.4 Å². The largest absolute Gasteiger partial charge is 0.339 e. The predicted octanol–water partition coefficient (Wildman–Crippen LogP) is 2.53. The van der Waals surface area contributed by atoms with Crippen molar-refractivity contribution in [2.45, 2.75) is 37.5 Å². The maximum atomic E-state index is 12.9. The minimum Gasteiger partial charge on any atom is -0.339 e. The van der Waals surface area contributed by atoms with Gasteiger partial charge >= 0.3 is 0 Å². The molecule has 1 amide bonds. The standard InChI is InChI=1S/C16H20N4O3S2/c1-2-12-6-7-13(16(21)20-8-4-3-5-9-20)14(10-12)25(22,23)18-15-11-24-19-17-15/h6-7,10-11,18H,2-5,8-9H2,1H3. The molecule has 1 aliphatic rings. The fourth-order valence-electron chi connectivity index (χ4n) is 2.85. The van der Waals surface area contributed by atoms with Crippen LogP contribution in [0.15, 0.2) is 28.5 Å². The molecular formula is C16H20N4O3S2. The summed E-state index contributed by atoms with van der Waals surface area (Å²) in [5.74, 6) is -0.0811. The number of piperidine rings is 1. The van der Waals surface area contributed by atoms with E-state index in [9.17, 15) is 13.2 Å². The van der Waals surface area contributed by atoms with Crippen LogP contribution < -0.4 is 4.72 Å². The topological polar surface area (TPSA) is 92.3 Å². The number of benzene rings is 1. The number of nitrogens with one attached hydrogen (secondary N) is 1. The fourth-order valence-corrected chi connectivity index (χ4v) is 4.55. The van der Waals surface area contributed by atoms with Gasteiger partial charge in [-0.1, -0.05) is 17.5 Å². The first-order chi connectivity index (χ1) is 12.0. The first kappa shape index (κ1) is 17.8. The highest BCUT2D eigenvalue weighted by Gasteiger charge is 2.27. The van der Waals surface area contributed by atoms with E-state index >= 15 is 0 Å². The normalized spacial score (nSPS) is 15.2. The van der Waals surface area contributed by atoms with Crippen LogP contribution >= 0.6 is 11.5 Å². The van der Waals surface area contributed by atoms with Crippen molar-refractivity contribution in [2.24, 2.45) is 0 Å². The zero-order valence-electron chi connectivity index (χ0n) is 13.9. The van der Waals surface area contributed by atoms with Crippen LogP contribution in [-0.4, -0.2) is 41.9 Å². The van der Waals surface area contributed by atoms with Crippen molar-refractivity contribution in [3.8, 4) is 0 Å². The summed E-state index contributed by atoms with van der Waals surface area (Å²) in [4.78, 5) is 14.6. The predicted molar refractivity (Wildman–Crippen MR) is 96.3 cm³/mol. The van der Waals surface area contributed by atoms with Gasteiger partial charge in [0.2, 0.25) is 0 Å². The quantitative estimate of drug-likeness (QED) is 0.860. The highest BCUT2D eigenvalue weighted by atomic mass is 32.2. The molecular weight excluding hydrogens is 360 g/mol. The lowest BCUT2D eigenvalue weighted by molar-refractivity contribution is 0.0720. The van der Waals surface area contributed by atoms with Gasteiger partial charge in [-0.15, -0.1) is 5.10 Å². The molecule has 2 aromatic rings. The number of rotatable bonds is 5. The van der Waals surface area contributed by atoms with Crippen molar-refractivity contribution in [3.05, 3.63) is 34.7 Å². The number of nitrogens with zero attached hydrogens (tertiary/aromatic N) is 3. The Labute approximate surface area is 151 Å². The molecule has 3 rings (SSSR count). The molecule has 0 aliphatic carbocycles. The van der Waals surface area contributed by atoms with E-state index in [0.29, 0.717) is 19.5 Å². The minimum atomic E-state index is -3.92. The van der Waals surface area contributed by atoms with Gasteiger partial charge in [-0.3, -0.25) is 9.52 Å². The van der Waals surface area contributed by atoms with Crippen LogP contribution in [-0.2, 0) is 16.4 Å². The summed E-state index contributed by atoms with van der Waals surface area (Å²) in [6.45, 7) is 3.27. The summed E-state index contributed by atoms with van der Waals surface area (Å²) >= 11 is 1.05. The molecule has 2 heterocycles. The number of carbonyl (C=O) groups is 1. The molecule has 1 aromatic carbocycles. The summed E-state index contributed by atoms with van der Waals surface area (Å²) < 4.78 is 31.7. The van der Waals surface area contributed by atoms with E-state index < -0.39 is 10.0 Å². The van der Waals surface area contributed by atoms with Crippen molar-refractivity contribution in [1.82, 2.24) is 14.5 Å². The van der Waals surface area contributed by atoms with Crippen LogP contribution in [0.2, 0.25) is 0 Å². The van der Waals surface area contributed by atoms with E-state index in [4.69, 9.17) is 0 Å². The molecule has 0 unspecified atom stereocenters. The van der Waals surface area contributed by atoms with Crippen molar-refractivity contribution in [1.29, 1.82) is 0 Å². The third-order valence-corrected chi connectivity index (χ3v) is 6.12. The molecule has 7 nitrogen and oxygen atoms in total. The van der Waals surface area contributed by atoms with Crippen LogP contribution in [0.3, 0.4) is 0 Å². The van der Waals surface area contributed by atoms with Gasteiger partial charge in [0, 0.05) is 13.1 Å². The van der Waals surface area contributed by atoms with E-state index in [1.165, 1.54) is 5.38 Å². The Morgan fingerprint density at radius 2 is 2.04 bits per heavy atom. The van der Waals surface area contributed by atoms with Gasteiger partial charge in [0.15, 0.2) is 5.82 Å². The average Bonchev–Trinajstić information content (AvgIpc) is 3.13. The molecule has 0 bridgehead atoms. The number of hydrogen-bond acceptors (Lipinski definition) is 6. The third-order valence-electron chi connectivity index (χ3n) is 4.22. The van der Waals surface area contributed by atoms with Crippen molar-refractivity contribution < 1.29 is 13.2 Å². The summed E-state index contributed by atoms with van der Waals surface area (Å²) in [5, 5.41) is 5.22. The molecule has 0 atom stereocenters. The number of carbonyl (C=O) groups excluding carboxylic acids is 1. The van der Waals surface area contributed by atoms with Gasteiger partial charge in [-0.25, -0.2) is 8.42 Å². The SMILES string of the molecule is CCc1ccc(C(=O)N2CCCCC2)c(S(=O)(=O)Nc2csnn2)c1. The van der Waals surface area contributed by atoms with Gasteiger partial charge in [0.1, 0.15) is 4.90 Å². The Bertz CT molecular complexity index is 844. The van der Waals surface area contributed by atoms with Crippen molar-refractivity contribution >= 4 is 33.3 Å². The van der Waals surface area contributed by atoms with Crippen LogP contribution in [0, 0.1) is 0 Å². The Hall–Kier alpha value is -2.00. The summed E-state index contributed by atoms with van der Waals surface area (Å²) in [6, 6.07) is 4.99. The lowest BCUT2D eigenvalue weighted by Gasteiger charge is -2.27. The Balaban J connectivity index is 1.99. The number of anilines is 1. The minimum absolute atomic E-state index is 0.00424. The molecule has 0 radical (unpaired) electrons. The lowest BCUT2D eigenvalue weighted by Crippen LogP contribution is -2.36. The van der Waals surface area contributed by atoms with E-state index in [1.54, 1.807) is 23.1 Å². The van der Waals surface area contributed by atoms with Gasteiger partial charge in [0.25, 0.3) is 15.9 Å². The number of amides is 1. The van der Waals surface area contributed by atoms with Crippen LogP contribution in [0.5, 0.6) is 0 Å². The molecule has 134 valence electrons. The number of hydrogen-bond donors (Lipinski definition) is 1. The van der Waals surface area contributed by atoms with Crippen LogP contribution in [0.1, 0.15) is 42.1 Å². The molecule has 1 aromatic heterocycles. The molecule has 0 spiro atoms. The maximum Gasteiger partial charge on any atom is 0.263 e. The smallest absolute Gasteiger partial charge is 0.263 e. The highest BCUT2D eigenvalue weighted by molar-refractivity contribution is 7.92. The molecule has 1 fully saturated rings. The highest BCUT2D eigenvalue weighted by Crippen LogP contribution is 2.24. The van der Waals surface area contributed by atoms with Crippen molar-refractivity contribution in [3.63, 3.8) is 0 Å². The fraction of sp³-hybridized carbons (Fsp3) is 0.438. The number of aryl methyl sites for hydroxylation is 1. The molecule has 1 N–H and O–H groups in total. The lowest BCUT2D eigenvalue weighted by atomic mass is 10.1. The molecule has 0 saturated carbocycles. The average molecular weight is 380 g/mol. The van der Waals surface area contributed by atoms with E-state index in [1.807, 2.05) is 6.92 Å². The van der Waals surface area contributed by atoms with Crippen molar-refractivity contribution in [2.75, 3.05) is 17.8 Å². The number of likely N-dealkylation sites (tertiary alicyclic amines) is 1. The summed E-state index contributed by atoms with van der Waals surface area (Å²) in [5.41, 5.74) is 1.06. The molecule has 25 heavy (non-hydrogen) atoms. The Morgan fingerprint density at radius 1 is 1.28 bits per heavy atom. The summed E-state index contributed by atoms with van der Waals surface area (Å²) in [7, 11) is -3.92. The Kier molecular flexibility index (Phi) is 5.33. The second-order valence-corrected chi connectivity index (χ2v) is 8.19.